The number of amides is 1. The Kier molecular flexibility index (Phi) is 7.63. The minimum atomic E-state index is -3.60. The third-order valence-electron chi connectivity index (χ3n) is 6.30. The van der Waals surface area contributed by atoms with Gasteiger partial charge in [0.25, 0.3) is 0 Å². The third kappa shape index (κ3) is 5.63. The van der Waals surface area contributed by atoms with Crippen LogP contribution in [0.5, 0.6) is 0 Å². The van der Waals surface area contributed by atoms with E-state index in [0.29, 0.717) is 30.0 Å². The summed E-state index contributed by atoms with van der Waals surface area (Å²) in [6.07, 6.45) is 1.22. The molecule has 0 bridgehead atoms. The minimum absolute atomic E-state index is 0.112. The van der Waals surface area contributed by atoms with E-state index in [9.17, 15) is 21.6 Å². The molecule has 2 saturated heterocycles. The van der Waals surface area contributed by atoms with Gasteiger partial charge in [0.05, 0.1) is 16.6 Å². The van der Waals surface area contributed by atoms with E-state index in [-0.39, 0.29) is 49.3 Å². The number of carbonyl (C=O) groups excluding carboxylic acids is 1. The molecule has 2 aliphatic rings. The number of hydrogen-bond donors (Lipinski definition) is 0. The molecule has 2 heterocycles. The van der Waals surface area contributed by atoms with Crippen LogP contribution >= 0.6 is 11.6 Å². The van der Waals surface area contributed by atoms with Gasteiger partial charge in [-0.05, 0) is 42.7 Å². The summed E-state index contributed by atoms with van der Waals surface area (Å²) < 4.78 is 54.4. The Morgan fingerprint density at radius 1 is 0.882 bits per heavy atom. The van der Waals surface area contributed by atoms with Crippen molar-refractivity contribution >= 4 is 37.6 Å². The average molecular weight is 526 g/mol. The second-order valence-electron chi connectivity index (χ2n) is 8.63. The predicted octanol–water partition coefficient (Wildman–Crippen LogP) is 2.41. The number of carbonyl (C=O) groups is 1. The Balaban J connectivity index is 1.36. The fraction of sp³-hybridized carbons (Fsp3) is 0.435. The predicted molar refractivity (Wildman–Crippen MR) is 130 cm³/mol. The summed E-state index contributed by atoms with van der Waals surface area (Å²) in [5.74, 6) is -0.704. The zero-order valence-corrected chi connectivity index (χ0v) is 21.1. The molecule has 11 heteroatoms. The van der Waals surface area contributed by atoms with Crippen molar-refractivity contribution in [1.82, 2.24) is 13.5 Å². The summed E-state index contributed by atoms with van der Waals surface area (Å²) in [5, 5.41) is 0.479. The van der Waals surface area contributed by atoms with E-state index < -0.39 is 26.0 Å². The molecule has 0 unspecified atom stereocenters. The second-order valence-corrected chi connectivity index (χ2v) is 13.0. The van der Waals surface area contributed by atoms with Crippen molar-refractivity contribution in [3.8, 4) is 0 Å². The molecule has 0 aromatic heterocycles. The molecular formula is C23H28ClN3O5S2. The van der Waals surface area contributed by atoms with Crippen LogP contribution < -0.4 is 0 Å². The monoisotopic (exact) mass is 525 g/mol. The topological polar surface area (TPSA) is 95.1 Å². The van der Waals surface area contributed by atoms with Crippen molar-refractivity contribution in [1.29, 1.82) is 0 Å². The fourth-order valence-corrected chi connectivity index (χ4v) is 7.73. The highest BCUT2D eigenvalue weighted by molar-refractivity contribution is 7.89. The van der Waals surface area contributed by atoms with Crippen LogP contribution in [0.3, 0.4) is 0 Å². The molecule has 8 nitrogen and oxygen atoms in total. The number of halogens is 1. The summed E-state index contributed by atoms with van der Waals surface area (Å²) in [4.78, 5) is 15.1. The van der Waals surface area contributed by atoms with E-state index in [1.807, 2.05) is 0 Å². The number of hydrogen-bond acceptors (Lipinski definition) is 5. The summed E-state index contributed by atoms with van der Waals surface area (Å²) in [6, 6.07) is 15.0. The molecule has 2 fully saturated rings. The molecule has 34 heavy (non-hydrogen) atoms. The van der Waals surface area contributed by atoms with Crippen LogP contribution in [-0.4, -0.2) is 75.5 Å². The van der Waals surface area contributed by atoms with Crippen molar-refractivity contribution < 1.29 is 21.6 Å². The summed E-state index contributed by atoms with van der Waals surface area (Å²) in [7, 11) is -7.19. The van der Waals surface area contributed by atoms with E-state index >= 15 is 0 Å². The fourth-order valence-electron chi connectivity index (χ4n) is 4.47. The Morgan fingerprint density at radius 3 is 2.26 bits per heavy atom. The van der Waals surface area contributed by atoms with Crippen LogP contribution in [0.25, 0.3) is 0 Å². The first-order valence-electron chi connectivity index (χ1n) is 11.2. The highest BCUT2D eigenvalue weighted by Crippen LogP contribution is 2.25. The molecular weight excluding hydrogens is 498 g/mol. The molecule has 184 valence electrons. The summed E-state index contributed by atoms with van der Waals surface area (Å²) in [5.41, 5.74) is 0.608. The lowest BCUT2D eigenvalue weighted by Crippen LogP contribution is -2.54. The van der Waals surface area contributed by atoms with Gasteiger partial charge >= 0.3 is 0 Å². The first kappa shape index (κ1) is 25.1. The zero-order valence-electron chi connectivity index (χ0n) is 18.7. The molecule has 2 aliphatic heterocycles. The van der Waals surface area contributed by atoms with Gasteiger partial charge in [-0.1, -0.05) is 41.9 Å². The van der Waals surface area contributed by atoms with E-state index in [0.717, 1.165) is 0 Å². The van der Waals surface area contributed by atoms with Crippen LogP contribution in [0.1, 0.15) is 18.4 Å². The quantitative estimate of drug-likeness (QED) is 0.577. The highest BCUT2D eigenvalue weighted by atomic mass is 35.5. The van der Waals surface area contributed by atoms with Crippen molar-refractivity contribution in [2.24, 2.45) is 5.92 Å². The highest BCUT2D eigenvalue weighted by Gasteiger charge is 2.36. The van der Waals surface area contributed by atoms with Crippen molar-refractivity contribution in [2.75, 3.05) is 39.3 Å². The average Bonchev–Trinajstić information content (AvgIpc) is 2.84. The lowest BCUT2D eigenvalue weighted by molar-refractivity contribution is -0.137. The lowest BCUT2D eigenvalue weighted by atomic mass is 9.98. The Morgan fingerprint density at radius 2 is 1.59 bits per heavy atom. The third-order valence-corrected chi connectivity index (χ3v) is 10.3. The van der Waals surface area contributed by atoms with Crippen molar-refractivity contribution in [3.63, 3.8) is 0 Å². The normalized spacial score (nSPS) is 20.9. The molecule has 0 radical (unpaired) electrons. The number of nitrogens with zero attached hydrogens (tertiary/aromatic N) is 3. The molecule has 0 N–H and O–H groups in total. The van der Waals surface area contributed by atoms with Gasteiger partial charge < -0.3 is 4.90 Å². The van der Waals surface area contributed by atoms with Gasteiger partial charge in [-0.2, -0.15) is 4.31 Å². The van der Waals surface area contributed by atoms with Crippen molar-refractivity contribution in [2.45, 2.75) is 23.5 Å². The van der Waals surface area contributed by atoms with E-state index in [2.05, 4.69) is 0 Å². The lowest BCUT2D eigenvalue weighted by Gasteiger charge is -2.38. The van der Waals surface area contributed by atoms with Crippen LogP contribution in [0.2, 0.25) is 5.02 Å². The number of piperazine rings is 1. The molecule has 1 amide bonds. The van der Waals surface area contributed by atoms with Gasteiger partial charge in [-0.15, -0.1) is 0 Å². The standard InChI is InChI=1S/C23H28ClN3O5S2/c24-21-8-4-6-19(16-21)18-33(29,30)27-11-5-7-20(17-27)23(28)25-12-14-26(15-13-25)34(31,32)22-9-2-1-3-10-22/h1-4,6,8-10,16,20H,5,7,11-15,17-18H2/t20-/m1/s1. The van der Waals surface area contributed by atoms with E-state index in [1.165, 1.54) is 8.61 Å². The largest absolute Gasteiger partial charge is 0.340 e. The van der Waals surface area contributed by atoms with Gasteiger partial charge in [-0.25, -0.2) is 21.1 Å². The van der Waals surface area contributed by atoms with Crippen LogP contribution in [-0.2, 0) is 30.6 Å². The van der Waals surface area contributed by atoms with Gasteiger partial charge in [0.2, 0.25) is 26.0 Å². The molecule has 1 atom stereocenters. The molecule has 0 aliphatic carbocycles. The smallest absolute Gasteiger partial charge is 0.243 e. The first-order valence-corrected chi connectivity index (χ1v) is 14.7. The van der Waals surface area contributed by atoms with Gasteiger partial charge in [-0.3, -0.25) is 4.79 Å². The number of rotatable bonds is 6. The minimum Gasteiger partial charge on any atom is -0.340 e. The van der Waals surface area contributed by atoms with E-state index in [1.54, 1.807) is 59.5 Å². The maximum atomic E-state index is 13.2. The van der Waals surface area contributed by atoms with Crippen LogP contribution in [0.15, 0.2) is 59.5 Å². The number of benzene rings is 2. The number of sulfonamides is 2. The first-order chi connectivity index (χ1) is 16.2. The van der Waals surface area contributed by atoms with E-state index in [4.69, 9.17) is 11.6 Å². The summed E-state index contributed by atoms with van der Waals surface area (Å²) in [6.45, 7) is 1.53. The Labute approximate surface area is 206 Å². The molecule has 0 saturated carbocycles. The van der Waals surface area contributed by atoms with Crippen LogP contribution in [0, 0.1) is 5.92 Å². The Hall–Kier alpha value is -1.98. The van der Waals surface area contributed by atoms with Crippen molar-refractivity contribution in [3.05, 3.63) is 65.2 Å². The van der Waals surface area contributed by atoms with Gasteiger partial charge in [0.1, 0.15) is 0 Å². The van der Waals surface area contributed by atoms with Gasteiger partial charge in [0, 0.05) is 44.3 Å². The zero-order chi connectivity index (χ0) is 24.3. The molecule has 0 spiro atoms. The number of piperidine rings is 1. The summed E-state index contributed by atoms with van der Waals surface area (Å²) >= 11 is 5.98. The van der Waals surface area contributed by atoms with Gasteiger partial charge in [0.15, 0.2) is 0 Å². The second kappa shape index (κ2) is 10.3. The maximum absolute atomic E-state index is 13.2. The molecule has 2 aromatic carbocycles. The van der Waals surface area contributed by atoms with Crippen LogP contribution in [0.4, 0.5) is 0 Å². The SMILES string of the molecule is O=C([C@@H]1CCCN(S(=O)(=O)Cc2cccc(Cl)c2)C1)N1CCN(S(=O)(=O)c2ccccc2)CC1. The molecule has 4 rings (SSSR count). The maximum Gasteiger partial charge on any atom is 0.243 e. The Bertz CT molecular complexity index is 1230. The molecule has 2 aromatic rings.